The number of nitrogens with zero attached hydrogens (tertiary/aromatic N) is 4. The molecule has 0 fully saturated rings. The van der Waals surface area contributed by atoms with Gasteiger partial charge in [0.15, 0.2) is 5.96 Å². The van der Waals surface area contributed by atoms with Crippen LogP contribution in [0.2, 0.25) is 0 Å². The fraction of sp³-hybridized carbons (Fsp3) is 0.250. The Labute approximate surface area is 147 Å². The highest BCUT2D eigenvalue weighted by Gasteiger charge is 2.18. The van der Waals surface area contributed by atoms with Gasteiger partial charge in [0.05, 0.1) is 12.8 Å². The second kappa shape index (κ2) is 10.9. The molecule has 1 aromatic rings. The van der Waals surface area contributed by atoms with Crippen LogP contribution in [0.25, 0.3) is 0 Å². The molecule has 144 valence electrons. The van der Waals surface area contributed by atoms with Crippen LogP contribution in [0.4, 0.5) is 11.4 Å². The summed E-state index contributed by atoms with van der Waals surface area (Å²) in [5.74, 6) is -0.0646. The molecule has 1 aliphatic rings. The number of hydroxylamine groups is 2. The summed E-state index contributed by atoms with van der Waals surface area (Å²) in [7, 11) is 1.65. The van der Waals surface area contributed by atoms with Gasteiger partial charge in [-0.3, -0.25) is 10.2 Å². The maximum Gasteiger partial charge on any atom is 0.291 e. The minimum Gasteiger partial charge on any atom is -0.370 e. The summed E-state index contributed by atoms with van der Waals surface area (Å²) in [5, 5.41) is 39.0. The van der Waals surface area contributed by atoms with Crippen LogP contribution in [0.1, 0.15) is 6.92 Å². The molecule has 1 aromatic carbocycles. The molecule has 0 bridgehead atoms. The molecule has 0 atom stereocenters. The van der Waals surface area contributed by atoms with E-state index in [0.717, 1.165) is 17.1 Å². The van der Waals surface area contributed by atoms with Crippen LogP contribution in [0.3, 0.4) is 0 Å². The highest BCUT2D eigenvalue weighted by molar-refractivity contribution is 5.89. The summed E-state index contributed by atoms with van der Waals surface area (Å²) >= 11 is 0. The maximum atomic E-state index is 8.36. The van der Waals surface area contributed by atoms with E-state index < -0.39 is 10.2 Å². The smallest absolute Gasteiger partial charge is 0.291 e. The third-order valence-corrected chi connectivity index (χ3v) is 2.72. The highest BCUT2D eigenvalue weighted by Crippen LogP contribution is 2.24. The van der Waals surface area contributed by atoms with Crippen molar-refractivity contribution in [1.82, 2.24) is 5.06 Å². The summed E-state index contributed by atoms with van der Waals surface area (Å²) in [4.78, 5) is 24.0. The Morgan fingerprint density at radius 2 is 1.73 bits per heavy atom. The van der Waals surface area contributed by atoms with Crippen molar-refractivity contribution >= 4 is 17.3 Å². The number of nitrogens with two attached hydrogens (primary N) is 1. The first-order valence-electron chi connectivity index (χ1n) is 6.71. The standard InChI is InChI=1S/C12H17N5O.2HNO3/c1-9-7-16(8-17(9)18-2)11-5-3-10(4-6-11)15-12(13)14;2*2-1(3)4/h3-7H,8H2,1-2H3,(H4,13,14,15);2*(H,2,3,4). The van der Waals surface area contributed by atoms with Gasteiger partial charge in [0.25, 0.3) is 10.2 Å². The number of rotatable bonds is 3. The number of allylic oxidation sites excluding steroid dienone is 1. The third-order valence-electron chi connectivity index (χ3n) is 2.72. The van der Waals surface area contributed by atoms with Gasteiger partial charge in [0, 0.05) is 17.6 Å². The van der Waals surface area contributed by atoms with Gasteiger partial charge in [-0.05, 0) is 31.2 Å². The van der Waals surface area contributed by atoms with Crippen LogP contribution in [0, 0.1) is 25.6 Å². The van der Waals surface area contributed by atoms with Crippen molar-refractivity contribution in [3.8, 4) is 0 Å². The number of nitrogens with one attached hydrogen (secondary N) is 2. The molecular formula is C12H19N7O7. The lowest BCUT2D eigenvalue weighted by Crippen LogP contribution is -2.25. The van der Waals surface area contributed by atoms with Crippen molar-refractivity contribution in [3.05, 3.63) is 56.4 Å². The van der Waals surface area contributed by atoms with Gasteiger partial charge in [-0.1, -0.05) is 0 Å². The van der Waals surface area contributed by atoms with Gasteiger partial charge in [-0.2, -0.15) is 0 Å². The van der Waals surface area contributed by atoms with Gasteiger partial charge < -0.3 is 26.4 Å². The second-order valence-corrected chi connectivity index (χ2v) is 4.50. The lowest BCUT2D eigenvalue weighted by atomic mass is 10.2. The largest absolute Gasteiger partial charge is 0.370 e. The summed E-state index contributed by atoms with van der Waals surface area (Å²) in [6, 6.07) is 7.70. The normalized spacial score (nSPS) is 12.0. The van der Waals surface area contributed by atoms with E-state index in [0.29, 0.717) is 6.67 Å². The topological polar surface area (TPSA) is 204 Å². The Balaban J connectivity index is 0.000000662. The summed E-state index contributed by atoms with van der Waals surface area (Å²) < 4.78 is 0. The van der Waals surface area contributed by atoms with E-state index in [4.69, 9.17) is 46.6 Å². The number of guanidine groups is 1. The molecule has 0 aromatic heterocycles. The number of anilines is 2. The van der Waals surface area contributed by atoms with Crippen LogP contribution < -0.4 is 16.0 Å². The van der Waals surface area contributed by atoms with Gasteiger partial charge in [-0.25, -0.2) is 5.06 Å². The molecule has 0 amide bonds. The van der Waals surface area contributed by atoms with Crippen molar-refractivity contribution in [1.29, 1.82) is 5.41 Å². The molecular weight excluding hydrogens is 354 g/mol. The zero-order chi connectivity index (χ0) is 20.3. The molecule has 14 nitrogen and oxygen atoms in total. The molecule has 0 spiro atoms. The minimum atomic E-state index is -1.50. The van der Waals surface area contributed by atoms with Gasteiger partial charge >= 0.3 is 0 Å². The Hall–Kier alpha value is -3.81. The zero-order valence-electron chi connectivity index (χ0n) is 13.9. The van der Waals surface area contributed by atoms with Crippen LogP contribution in [0.5, 0.6) is 0 Å². The van der Waals surface area contributed by atoms with E-state index in [-0.39, 0.29) is 5.96 Å². The number of benzene rings is 1. The Morgan fingerprint density at radius 1 is 1.27 bits per heavy atom. The van der Waals surface area contributed by atoms with E-state index >= 15 is 0 Å². The van der Waals surface area contributed by atoms with Crippen molar-refractivity contribution in [3.63, 3.8) is 0 Å². The molecule has 1 aliphatic heterocycles. The molecule has 26 heavy (non-hydrogen) atoms. The Kier molecular flexibility index (Phi) is 9.28. The van der Waals surface area contributed by atoms with E-state index in [1.54, 1.807) is 7.11 Å². The molecule has 1 heterocycles. The van der Waals surface area contributed by atoms with Crippen LogP contribution in [-0.2, 0) is 4.84 Å². The third kappa shape index (κ3) is 9.36. The van der Waals surface area contributed by atoms with Crippen LogP contribution >= 0.6 is 0 Å². The van der Waals surface area contributed by atoms with E-state index in [2.05, 4.69) is 10.2 Å². The van der Waals surface area contributed by atoms with Gasteiger partial charge in [0.1, 0.15) is 6.67 Å². The molecule has 0 aliphatic carbocycles. The van der Waals surface area contributed by atoms with Crippen LogP contribution in [0.15, 0.2) is 36.2 Å². The van der Waals surface area contributed by atoms with Gasteiger partial charge in [-0.15, -0.1) is 20.2 Å². The fourth-order valence-corrected chi connectivity index (χ4v) is 1.83. The maximum absolute atomic E-state index is 8.36. The zero-order valence-corrected chi connectivity index (χ0v) is 13.9. The average Bonchev–Trinajstić information content (AvgIpc) is 2.87. The van der Waals surface area contributed by atoms with Crippen molar-refractivity contribution in [2.24, 2.45) is 5.73 Å². The lowest BCUT2D eigenvalue weighted by Gasteiger charge is -2.20. The molecule has 14 heteroatoms. The molecule has 0 radical (unpaired) electrons. The van der Waals surface area contributed by atoms with Crippen molar-refractivity contribution in [2.75, 3.05) is 24.0 Å². The van der Waals surface area contributed by atoms with Crippen LogP contribution in [-0.4, -0.2) is 45.4 Å². The second-order valence-electron chi connectivity index (χ2n) is 4.50. The SMILES string of the molecule is CON1CN(c2ccc(NC(=N)N)cc2)C=C1C.O=[N+]([O-])O.O=[N+]([O-])O. The minimum absolute atomic E-state index is 0.0646. The molecule has 6 N–H and O–H groups in total. The highest BCUT2D eigenvalue weighted by atomic mass is 16.9. The fourth-order valence-electron chi connectivity index (χ4n) is 1.83. The number of hydrogen-bond acceptors (Lipinski definition) is 8. The van der Waals surface area contributed by atoms with Crippen molar-refractivity contribution in [2.45, 2.75) is 6.92 Å². The molecule has 2 rings (SSSR count). The quantitative estimate of drug-likeness (QED) is 0.217. The van der Waals surface area contributed by atoms with E-state index in [1.165, 1.54) is 0 Å². The van der Waals surface area contributed by atoms with E-state index in [9.17, 15) is 0 Å². The Bertz CT molecular complexity index is 630. The van der Waals surface area contributed by atoms with Gasteiger partial charge in [0.2, 0.25) is 0 Å². The summed E-state index contributed by atoms with van der Waals surface area (Å²) in [6.45, 7) is 2.66. The number of hydrogen-bond donors (Lipinski definition) is 5. The first-order chi connectivity index (χ1) is 12.1. The van der Waals surface area contributed by atoms with Crippen molar-refractivity contribution < 1.29 is 25.4 Å². The average molecular weight is 373 g/mol. The Morgan fingerprint density at radius 3 is 2.08 bits per heavy atom. The molecule has 0 saturated heterocycles. The first kappa shape index (κ1) is 22.2. The van der Waals surface area contributed by atoms with E-state index in [1.807, 2.05) is 42.5 Å². The monoisotopic (exact) mass is 373 g/mol. The lowest BCUT2D eigenvalue weighted by molar-refractivity contribution is -0.742. The summed E-state index contributed by atoms with van der Waals surface area (Å²) in [5.41, 5.74) is 8.19. The molecule has 0 unspecified atom stereocenters. The first-order valence-corrected chi connectivity index (χ1v) is 6.71. The predicted molar refractivity (Wildman–Crippen MR) is 89.5 cm³/mol. The molecule has 0 saturated carbocycles. The summed E-state index contributed by atoms with van der Waals surface area (Å²) in [6.07, 6.45) is 2.02. The predicted octanol–water partition coefficient (Wildman–Crippen LogP) is 0.799.